The van der Waals surface area contributed by atoms with Crippen LogP contribution in [0.3, 0.4) is 0 Å². The number of halogens is 2. The fourth-order valence-electron chi connectivity index (χ4n) is 3.74. The minimum atomic E-state index is -0.713. The molecule has 0 spiro atoms. The molecule has 1 aromatic carbocycles. The predicted octanol–water partition coefficient (Wildman–Crippen LogP) is 2.48. The van der Waals surface area contributed by atoms with Gasteiger partial charge in [-0.15, -0.1) is 0 Å². The molecule has 3 rings (SSSR count). The normalized spacial score (nSPS) is 15.7. The van der Waals surface area contributed by atoms with Gasteiger partial charge in [-0.3, -0.25) is 4.79 Å². The van der Waals surface area contributed by atoms with Crippen LogP contribution in [0.1, 0.15) is 28.2 Å². The molecule has 0 aliphatic carbocycles. The molecule has 2 aromatic rings. The summed E-state index contributed by atoms with van der Waals surface area (Å²) in [6.07, 6.45) is 0.894. The number of hydrogen-bond donors (Lipinski definition) is 0. The molecule has 1 aliphatic rings. The van der Waals surface area contributed by atoms with Crippen LogP contribution in [0.4, 0.5) is 8.78 Å². The number of benzene rings is 1. The highest BCUT2D eigenvalue weighted by atomic mass is 19.1. The topological polar surface area (TPSA) is 44.6 Å². The molecular weight excluding hydrogens is 376 g/mol. The minimum Gasteiger partial charge on any atom is -0.342 e. The molecule has 1 aliphatic heterocycles. The number of likely N-dealkylation sites (N-methyl/N-ethyl adjacent to an activating group) is 1. The van der Waals surface area contributed by atoms with Gasteiger partial charge in [-0.1, -0.05) is 0 Å². The highest BCUT2D eigenvalue weighted by Gasteiger charge is 2.23. The third-order valence-corrected chi connectivity index (χ3v) is 5.55. The fourth-order valence-corrected chi connectivity index (χ4v) is 3.74. The lowest BCUT2D eigenvalue weighted by Gasteiger charge is -2.32. The Morgan fingerprint density at radius 2 is 1.86 bits per heavy atom. The van der Waals surface area contributed by atoms with E-state index in [1.807, 2.05) is 0 Å². The van der Waals surface area contributed by atoms with Crippen LogP contribution in [0.5, 0.6) is 0 Å². The average molecular weight is 405 g/mol. The SMILES string of the molecule is Cc1nn(-c2ccc(F)cc2F)c(C)c1C(=O)N(C)CCCN1CCN(C)CC1. The van der Waals surface area contributed by atoms with Crippen molar-refractivity contribution in [2.75, 3.05) is 53.4 Å². The van der Waals surface area contributed by atoms with Crippen molar-refractivity contribution < 1.29 is 13.6 Å². The Morgan fingerprint density at radius 1 is 1.17 bits per heavy atom. The van der Waals surface area contributed by atoms with Crippen LogP contribution in [0.15, 0.2) is 18.2 Å². The summed E-state index contributed by atoms with van der Waals surface area (Å²) in [7, 11) is 3.91. The molecule has 0 bridgehead atoms. The van der Waals surface area contributed by atoms with E-state index in [-0.39, 0.29) is 11.6 Å². The van der Waals surface area contributed by atoms with Gasteiger partial charge < -0.3 is 14.7 Å². The highest BCUT2D eigenvalue weighted by Crippen LogP contribution is 2.22. The summed E-state index contributed by atoms with van der Waals surface area (Å²) in [6, 6.07) is 3.33. The van der Waals surface area contributed by atoms with Gasteiger partial charge >= 0.3 is 0 Å². The summed E-state index contributed by atoms with van der Waals surface area (Å²) in [5.74, 6) is -1.49. The van der Waals surface area contributed by atoms with Gasteiger partial charge in [-0.25, -0.2) is 13.5 Å². The largest absolute Gasteiger partial charge is 0.342 e. The van der Waals surface area contributed by atoms with Crippen molar-refractivity contribution in [3.05, 3.63) is 46.8 Å². The summed E-state index contributed by atoms with van der Waals surface area (Å²) in [6.45, 7) is 9.33. The van der Waals surface area contributed by atoms with Crippen molar-refractivity contribution in [1.82, 2.24) is 24.5 Å². The van der Waals surface area contributed by atoms with Gasteiger partial charge in [0.1, 0.15) is 11.5 Å². The Bertz CT molecular complexity index is 874. The first-order valence-electron chi connectivity index (χ1n) is 9.96. The molecule has 1 fully saturated rings. The molecular formula is C21H29F2N5O. The molecule has 2 heterocycles. The Balaban J connectivity index is 1.66. The maximum absolute atomic E-state index is 14.2. The van der Waals surface area contributed by atoms with Crippen LogP contribution in [0.2, 0.25) is 0 Å². The predicted molar refractivity (Wildman–Crippen MR) is 108 cm³/mol. The first-order chi connectivity index (χ1) is 13.8. The third kappa shape index (κ3) is 4.82. The van der Waals surface area contributed by atoms with Gasteiger partial charge in [0.25, 0.3) is 5.91 Å². The quantitative estimate of drug-likeness (QED) is 0.741. The summed E-state index contributed by atoms with van der Waals surface area (Å²) in [5.41, 5.74) is 1.67. The summed E-state index contributed by atoms with van der Waals surface area (Å²) in [4.78, 5) is 19.4. The van der Waals surface area contributed by atoms with Gasteiger partial charge in [0.2, 0.25) is 0 Å². The molecule has 1 saturated heterocycles. The van der Waals surface area contributed by atoms with E-state index < -0.39 is 11.6 Å². The van der Waals surface area contributed by atoms with Crippen molar-refractivity contribution in [3.8, 4) is 5.69 Å². The van der Waals surface area contributed by atoms with Crippen LogP contribution in [0.25, 0.3) is 5.69 Å². The molecule has 0 N–H and O–H groups in total. The van der Waals surface area contributed by atoms with Crippen LogP contribution in [-0.2, 0) is 0 Å². The maximum Gasteiger partial charge on any atom is 0.257 e. The number of aromatic nitrogens is 2. The number of nitrogens with zero attached hydrogens (tertiary/aromatic N) is 5. The number of amides is 1. The second-order valence-electron chi connectivity index (χ2n) is 7.78. The number of piperazine rings is 1. The molecule has 0 radical (unpaired) electrons. The zero-order valence-electron chi connectivity index (χ0n) is 17.6. The molecule has 1 aromatic heterocycles. The second kappa shape index (κ2) is 9.00. The van der Waals surface area contributed by atoms with Crippen molar-refractivity contribution in [2.24, 2.45) is 0 Å². The second-order valence-corrected chi connectivity index (χ2v) is 7.78. The molecule has 0 atom stereocenters. The van der Waals surface area contributed by atoms with Crippen molar-refractivity contribution >= 4 is 5.91 Å². The van der Waals surface area contributed by atoms with Crippen molar-refractivity contribution in [3.63, 3.8) is 0 Å². The van der Waals surface area contributed by atoms with Gasteiger partial charge in [0.05, 0.1) is 17.0 Å². The van der Waals surface area contributed by atoms with Gasteiger partial charge in [0.15, 0.2) is 5.82 Å². The molecule has 6 nitrogen and oxygen atoms in total. The Labute approximate surface area is 170 Å². The fraction of sp³-hybridized carbons (Fsp3) is 0.524. The lowest BCUT2D eigenvalue weighted by Crippen LogP contribution is -2.45. The first kappa shape index (κ1) is 21.4. The molecule has 1 amide bonds. The van der Waals surface area contributed by atoms with E-state index in [2.05, 4.69) is 21.9 Å². The third-order valence-electron chi connectivity index (χ3n) is 5.55. The smallest absolute Gasteiger partial charge is 0.257 e. The number of carbonyl (C=O) groups is 1. The maximum atomic E-state index is 14.2. The van der Waals surface area contributed by atoms with E-state index in [1.54, 1.807) is 25.8 Å². The van der Waals surface area contributed by atoms with Crippen LogP contribution < -0.4 is 0 Å². The molecule has 0 saturated carbocycles. The van der Waals surface area contributed by atoms with Gasteiger partial charge in [-0.2, -0.15) is 5.10 Å². The van der Waals surface area contributed by atoms with E-state index in [9.17, 15) is 13.6 Å². The Kier molecular flexibility index (Phi) is 6.64. The van der Waals surface area contributed by atoms with Crippen LogP contribution >= 0.6 is 0 Å². The lowest BCUT2D eigenvalue weighted by molar-refractivity contribution is 0.0781. The first-order valence-corrected chi connectivity index (χ1v) is 9.96. The zero-order chi connectivity index (χ0) is 21.1. The van der Waals surface area contributed by atoms with Crippen LogP contribution in [0, 0.1) is 25.5 Å². The summed E-state index contributed by atoms with van der Waals surface area (Å²) >= 11 is 0. The zero-order valence-corrected chi connectivity index (χ0v) is 17.6. The van der Waals surface area contributed by atoms with Gasteiger partial charge in [0, 0.05) is 45.8 Å². The molecule has 29 heavy (non-hydrogen) atoms. The number of carbonyl (C=O) groups excluding carboxylic acids is 1. The molecule has 8 heteroatoms. The molecule has 158 valence electrons. The average Bonchev–Trinajstić information content (AvgIpc) is 2.96. The van der Waals surface area contributed by atoms with E-state index in [0.29, 0.717) is 23.5 Å². The summed E-state index contributed by atoms with van der Waals surface area (Å²) < 4.78 is 28.8. The lowest BCUT2D eigenvalue weighted by atomic mass is 10.1. The van der Waals surface area contributed by atoms with E-state index in [0.717, 1.165) is 45.2 Å². The van der Waals surface area contributed by atoms with Gasteiger partial charge in [-0.05, 0) is 46.0 Å². The minimum absolute atomic E-state index is 0.128. The highest BCUT2D eigenvalue weighted by molar-refractivity contribution is 5.96. The number of aryl methyl sites for hydroxylation is 1. The standard InChI is InChI=1S/C21H29F2N5O/c1-15-20(16(2)28(24-15)19-7-6-17(22)14-18(19)23)21(29)26(4)8-5-9-27-12-10-25(3)11-13-27/h6-7,14H,5,8-13H2,1-4H3. The van der Waals surface area contributed by atoms with Crippen molar-refractivity contribution in [1.29, 1.82) is 0 Å². The van der Waals surface area contributed by atoms with Crippen molar-refractivity contribution in [2.45, 2.75) is 20.3 Å². The molecule has 0 unspecified atom stereocenters. The Hall–Kier alpha value is -2.32. The Morgan fingerprint density at radius 3 is 2.52 bits per heavy atom. The van der Waals surface area contributed by atoms with E-state index >= 15 is 0 Å². The van der Waals surface area contributed by atoms with E-state index in [4.69, 9.17) is 0 Å². The van der Waals surface area contributed by atoms with E-state index in [1.165, 1.54) is 16.8 Å². The monoisotopic (exact) mass is 405 g/mol. The number of hydrogen-bond acceptors (Lipinski definition) is 4. The summed E-state index contributed by atoms with van der Waals surface area (Å²) in [5, 5.41) is 4.33. The number of rotatable bonds is 6. The van der Waals surface area contributed by atoms with Crippen LogP contribution in [-0.4, -0.2) is 83.8 Å².